The lowest BCUT2D eigenvalue weighted by atomic mass is 10.0. The number of piperidine rings is 1. The highest BCUT2D eigenvalue weighted by atomic mass is 19.4. The second-order valence-electron chi connectivity index (χ2n) is 4.59. The Kier molecular flexibility index (Phi) is 5.71. The average molecular weight is 268 g/mol. The van der Waals surface area contributed by atoms with E-state index in [0.717, 1.165) is 12.8 Å². The Balaban J connectivity index is 2.10. The average Bonchev–Trinajstić information content (AvgIpc) is 2.26. The molecule has 1 fully saturated rings. The molecule has 4 nitrogen and oxygen atoms in total. The Morgan fingerprint density at radius 2 is 2.22 bits per heavy atom. The summed E-state index contributed by atoms with van der Waals surface area (Å²) in [6.07, 6.45) is -2.23. The number of nitrogens with zero attached hydrogens (tertiary/aromatic N) is 1. The number of amides is 2. The Bertz CT molecular complexity index is 272. The number of carbonyl (C=O) groups excluding carboxylic acids is 1. The molecule has 0 aromatic rings. The van der Waals surface area contributed by atoms with Gasteiger partial charge in [-0.1, -0.05) is 6.92 Å². The molecule has 2 amide bonds. The zero-order valence-corrected chi connectivity index (χ0v) is 10.4. The molecule has 18 heavy (non-hydrogen) atoms. The smallest absolute Gasteiger partial charge is 0.370 e. The minimum atomic E-state index is -4.31. The molecule has 1 heterocycles. The lowest BCUT2D eigenvalue weighted by Crippen LogP contribution is -2.45. The van der Waals surface area contributed by atoms with E-state index in [2.05, 4.69) is 17.0 Å². The summed E-state index contributed by atoms with van der Waals surface area (Å²) in [6.45, 7) is 2.18. The number of halogens is 3. The highest BCUT2D eigenvalue weighted by Crippen LogP contribution is 2.15. The molecule has 7 heteroatoms. The van der Waals surface area contributed by atoms with E-state index in [-0.39, 0.29) is 19.2 Å². The molecule has 106 valence electrons. The van der Waals surface area contributed by atoms with Crippen LogP contribution in [0.1, 0.15) is 19.8 Å². The standard InChI is InChI=1S/C11H19F3N2O2/c1-9-3-2-5-16(7-9)10(17)15-4-6-18-8-11(12,13)14/h9H,2-8H2,1H3,(H,15,17). The van der Waals surface area contributed by atoms with Gasteiger partial charge in [0.2, 0.25) is 0 Å². The Morgan fingerprint density at radius 1 is 1.50 bits per heavy atom. The summed E-state index contributed by atoms with van der Waals surface area (Å²) in [6, 6.07) is -0.225. The molecule has 0 aliphatic carbocycles. The summed E-state index contributed by atoms with van der Waals surface area (Å²) in [5.41, 5.74) is 0. The third-order valence-electron chi connectivity index (χ3n) is 2.73. The van der Waals surface area contributed by atoms with Crippen molar-refractivity contribution in [1.29, 1.82) is 0 Å². The minimum Gasteiger partial charge on any atom is -0.370 e. The van der Waals surface area contributed by atoms with Crippen LogP contribution in [0.3, 0.4) is 0 Å². The quantitative estimate of drug-likeness (QED) is 0.792. The van der Waals surface area contributed by atoms with Crippen molar-refractivity contribution in [3.63, 3.8) is 0 Å². The molecular weight excluding hydrogens is 249 g/mol. The highest BCUT2D eigenvalue weighted by molar-refractivity contribution is 5.74. The molecule has 1 unspecified atom stereocenters. The molecule has 0 saturated carbocycles. The van der Waals surface area contributed by atoms with Crippen molar-refractivity contribution in [2.24, 2.45) is 5.92 Å². The van der Waals surface area contributed by atoms with Crippen LogP contribution in [0.5, 0.6) is 0 Å². The van der Waals surface area contributed by atoms with Crippen molar-refractivity contribution in [3.05, 3.63) is 0 Å². The third-order valence-corrected chi connectivity index (χ3v) is 2.73. The maximum absolute atomic E-state index is 11.8. The Labute approximate surface area is 104 Å². The fourth-order valence-electron chi connectivity index (χ4n) is 1.90. The van der Waals surface area contributed by atoms with Crippen LogP contribution in [0.25, 0.3) is 0 Å². The van der Waals surface area contributed by atoms with Crippen molar-refractivity contribution in [1.82, 2.24) is 10.2 Å². The molecule has 1 atom stereocenters. The summed E-state index contributed by atoms with van der Waals surface area (Å²) in [7, 11) is 0. The number of urea groups is 1. The highest BCUT2D eigenvalue weighted by Gasteiger charge is 2.27. The van der Waals surface area contributed by atoms with Gasteiger partial charge in [-0.05, 0) is 18.8 Å². The molecule has 1 N–H and O–H groups in total. The number of likely N-dealkylation sites (tertiary alicyclic amines) is 1. The number of nitrogens with one attached hydrogen (secondary N) is 1. The van der Waals surface area contributed by atoms with E-state index >= 15 is 0 Å². The fourth-order valence-corrected chi connectivity index (χ4v) is 1.90. The van der Waals surface area contributed by atoms with Gasteiger partial charge >= 0.3 is 12.2 Å². The molecule has 1 aliphatic rings. The third kappa shape index (κ3) is 6.09. The molecule has 1 saturated heterocycles. The molecule has 1 rings (SSSR count). The predicted octanol–water partition coefficient (Wildman–Crippen LogP) is 2.01. The maximum atomic E-state index is 11.8. The second-order valence-corrected chi connectivity index (χ2v) is 4.59. The summed E-state index contributed by atoms with van der Waals surface area (Å²) in [5, 5.41) is 2.55. The monoisotopic (exact) mass is 268 g/mol. The van der Waals surface area contributed by atoms with Gasteiger partial charge in [0.05, 0.1) is 6.61 Å². The van der Waals surface area contributed by atoms with Crippen LogP contribution in [-0.4, -0.2) is 50.0 Å². The van der Waals surface area contributed by atoms with E-state index in [0.29, 0.717) is 19.0 Å². The van der Waals surface area contributed by atoms with Crippen LogP contribution >= 0.6 is 0 Å². The molecule has 0 aromatic heterocycles. The van der Waals surface area contributed by atoms with E-state index in [4.69, 9.17) is 0 Å². The molecule has 1 aliphatic heterocycles. The van der Waals surface area contributed by atoms with Crippen molar-refractivity contribution in [2.45, 2.75) is 25.9 Å². The van der Waals surface area contributed by atoms with Gasteiger partial charge in [-0.15, -0.1) is 0 Å². The largest absolute Gasteiger partial charge is 0.411 e. The van der Waals surface area contributed by atoms with Crippen molar-refractivity contribution >= 4 is 6.03 Å². The maximum Gasteiger partial charge on any atom is 0.411 e. The van der Waals surface area contributed by atoms with Crippen LogP contribution < -0.4 is 5.32 Å². The van der Waals surface area contributed by atoms with Gasteiger partial charge in [-0.25, -0.2) is 4.79 Å². The van der Waals surface area contributed by atoms with Gasteiger partial charge in [0.1, 0.15) is 6.61 Å². The SMILES string of the molecule is CC1CCCN(C(=O)NCCOCC(F)(F)F)C1. The van der Waals surface area contributed by atoms with Crippen LogP contribution in [0.15, 0.2) is 0 Å². The first-order valence-electron chi connectivity index (χ1n) is 6.06. The Hall–Kier alpha value is -0.980. The van der Waals surface area contributed by atoms with Gasteiger partial charge in [0.25, 0.3) is 0 Å². The number of hydrogen-bond acceptors (Lipinski definition) is 2. The van der Waals surface area contributed by atoms with Crippen LogP contribution in [0.4, 0.5) is 18.0 Å². The van der Waals surface area contributed by atoms with Gasteiger partial charge in [-0.3, -0.25) is 0 Å². The molecule has 0 aromatic carbocycles. The molecular formula is C11H19F3N2O2. The summed E-state index contributed by atoms with van der Waals surface area (Å²) >= 11 is 0. The van der Waals surface area contributed by atoms with Crippen LogP contribution in [0, 0.1) is 5.92 Å². The van der Waals surface area contributed by atoms with Gasteiger partial charge in [-0.2, -0.15) is 13.2 Å². The normalized spacial score (nSPS) is 20.9. The number of hydrogen-bond donors (Lipinski definition) is 1. The first-order chi connectivity index (χ1) is 8.38. The topological polar surface area (TPSA) is 41.6 Å². The number of ether oxygens (including phenoxy) is 1. The minimum absolute atomic E-state index is 0.0970. The van der Waals surface area contributed by atoms with Crippen molar-refractivity contribution in [2.75, 3.05) is 32.8 Å². The predicted molar refractivity (Wildman–Crippen MR) is 60.2 cm³/mol. The van der Waals surface area contributed by atoms with E-state index < -0.39 is 12.8 Å². The van der Waals surface area contributed by atoms with Crippen LogP contribution in [0.2, 0.25) is 0 Å². The molecule has 0 bridgehead atoms. The van der Waals surface area contributed by atoms with E-state index in [1.54, 1.807) is 4.90 Å². The summed E-state index contributed by atoms with van der Waals surface area (Å²) in [4.78, 5) is 13.3. The Morgan fingerprint density at radius 3 is 2.83 bits per heavy atom. The first kappa shape index (κ1) is 15.1. The number of carbonyl (C=O) groups is 1. The molecule has 0 radical (unpaired) electrons. The molecule has 0 spiro atoms. The van der Waals surface area contributed by atoms with Gasteiger partial charge in [0, 0.05) is 19.6 Å². The first-order valence-corrected chi connectivity index (χ1v) is 6.06. The fraction of sp³-hybridized carbons (Fsp3) is 0.909. The van der Waals surface area contributed by atoms with Crippen molar-refractivity contribution < 1.29 is 22.7 Å². The van der Waals surface area contributed by atoms with Gasteiger partial charge in [0.15, 0.2) is 0 Å². The van der Waals surface area contributed by atoms with Crippen molar-refractivity contribution in [3.8, 4) is 0 Å². The van der Waals surface area contributed by atoms with E-state index in [1.807, 2.05) is 0 Å². The number of alkyl halides is 3. The zero-order chi connectivity index (χ0) is 13.6. The zero-order valence-electron chi connectivity index (χ0n) is 10.4. The summed E-state index contributed by atoms with van der Waals surface area (Å²) in [5.74, 6) is 0.478. The lowest BCUT2D eigenvalue weighted by Gasteiger charge is -2.30. The van der Waals surface area contributed by atoms with Crippen LogP contribution in [-0.2, 0) is 4.74 Å². The number of rotatable bonds is 4. The van der Waals surface area contributed by atoms with E-state index in [1.165, 1.54) is 0 Å². The lowest BCUT2D eigenvalue weighted by molar-refractivity contribution is -0.173. The second kappa shape index (κ2) is 6.82. The van der Waals surface area contributed by atoms with Gasteiger partial charge < -0.3 is 15.0 Å². The van der Waals surface area contributed by atoms with E-state index in [9.17, 15) is 18.0 Å². The summed E-state index contributed by atoms with van der Waals surface area (Å²) < 4.78 is 39.7.